The fourth-order valence-electron chi connectivity index (χ4n) is 5.56. The molecule has 14 heteroatoms. The number of anilines is 3. The van der Waals surface area contributed by atoms with Crippen LogP contribution in [-0.4, -0.2) is 41.6 Å². The summed E-state index contributed by atoms with van der Waals surface area (Å²) in [4.78, 5) is 57.5. The van der Waals surface area contributed by atoms with Gasteiger partial charge in [0.15, 0.2) is 0 Å². The summed E-state index contributed by atoms with van der Waals surface area (Å²) in [5.74, 6) is -2.99. The third kappa shape index (κ3) is 5.82. The number of imide groups is 1. The van der Waals surface area contributed by atoms with Gasteiger partial charge in [-0.2, -0.15) is 13.2 Å². The maximum atomic E-state index is 14.0. The number of carbonyl (C=O) groups is 3. The highest BCUT2D eigenvalue weighted by atomic mass is 79.9. The van der Waals surface area contributed by atoms with Gasteiger partial charge in [0.25, 0.3) is 0 Å². The Bertz CT molecular complexity index is 1870. The molecule has 0 aliphatic carbocycles. The van der Waals surface area contributed by atoms with E-state index in [9.17, 15) is 32.3 Å². The minimum absolute atomic E-state index is 0.0692. The minimum atomic E-state index is -4.59. The molecule has 2 unspecified atom stereocenters. The molecule has 2 aliphatic heterocycles. The van der Waals surface area contributed by atoms with E-state index in [0.717, 1.165) is 51.0 Å². The number of rotatable bonds is 6. The standard InChI is InChI=1S/C31H24BrF3N4O4S2/c1-37(2)20-10-6-16(7-11-20)23-24-25(28(42)39(27(24)41)21-12-8-18(32)9-13-21)44-29-26(23)45-30(43)38(29)15-22(40)36-19-5-3-4-17(14-19)31(33,34)35/h3-14,23-25H,15H2,1-2H3,(H,36,40)/t23-,24?,25?/m1/s1. The van der Waals surface area contributed by atoms with Crippen LogP contribution in [0.3, 0.4) is 0 Å². The number of thiazole rings is 1. The highest BCUT2D eigenvalue weighted by Crippen LogP contribution is 2.54. The predicted octanol–water partition coefficient (Wildman–Crippen LogP) is 6.19. The Hall–Kier alpha value is -3.88. The number of hydrogen-bond donors (Lipinski definition) is 1. The van der Waals surface area contributed by atoms with Crippen LogP contribution in [0.15, 0.2) is 87.1 Å². The first-order valence-electron chi connectivity index (χ1n) is 13.6. The molecular weight excluding hydrogens is 693 g/mol. The van der Waals surface area contributed by atoms with Crippen molar-refractivity contribution in [1.29, 1.82) is 0 Å². The molecule has 1 N–H and O–H groups in total. The van der Waals surface area contributed by atoms with E-state index in [4.69, 9.17) is 0 Å². The monoisotopic (exact) mass is 716 g/mol. The first-order chi connectivity index (χ1) is 21.3. The SMILES string of the molecule is CN(C)c1ccc([C@H]2c3sc(=O)n(CC(=O)Nc4cccc(C(F)(F)F)c4)c3SC3C(=O)N(c4ccc(Br)cc4)C(=O)C32)cc1. The number of alkyl halides is 3. The van der Waals surface area contributed by atoms with Gasteiger partial charge in [0, 0.05) is 40.7 Å². The predicted molar refractivity (Wildman–Crippen MR) is 171 cm³/mol. The lowest BCUT2D eigenvalue weighted by Gasteiger charge is -2.31. The lowest BCUT2D eigenvalue weighted by atomic mass is 9.83. The molecular formula is C31H24BrF3N4O4S2. The van der Waals surface area contributed by atoms with E-state index < -0.39 is 52.1 Å². The molecule has 8 nitrogen and oxygen atoms in total. The Balaban J connectivity index is 1.38. The van der Waals surface area contributed by atoms with Gasteiger partial charge in [-0.25, -0.2) is 4.90 Å². The summed E-state index contributed by atoms with van der Waals surface area (Å²) < 4.78 is 41.6. The van der Waals surface area contributed by atoms with E-state index >= 15 is 0 Å². The number of carbonyl (C=O) groups excluding carboxylic acids is 3. The molecule has 3 heterocycles. The quantitative estimate of drug-likeness (QED) is 0.240. The van der Waals surface area contributed by atoms with Crippen molar-refractivity contribution in [2.75, 3.05) is 29.2 Å². The number of benzene rings is 3. The zero-order valence-electron chi connectivity index (χ0n) is 23.7. The number of nitrogens with one attached hydrogen (secondary N) is 1. The van der Waals surface area contributed by atoms with E-state index in [1.54, 1.807) is 24.3 Å². The highest BCUT2D eigenvalue weighted by Gasteiger charge is 2.56. The van der Waals surface area contributed by atoms with Crippen molar-refractivity contribution < 1.29 is 27.6 Å². The van der Waals surface area contributed by atoms with Crippen LogP contribution in [0.2, 0.25) is 0 Å². The third-order valence-electron chi connectivity index (χ3n) is 7.68. The molecule has 0 radical (unpaired) electrons. The molecule has 45 heavy (non-hydrogen) atoms. The summed E-state index contributed by atoms with van der Waals surface area (Å²) in [6.07, 6.45) is -4.59. The van der Waals surface area contributed by atoms with Crippen molar-refractivity contribution in [3.63, 3.8) is 0 Å². The molecule has 1 aromatic heterocycles. The molecule has 232 valence electrons. The second-order valence-corrected chi connectivity index (χ2v) is 13.8. The van der Waals surface area contributed by atoms with Gasteiger partial charge in [-0.05, 0) is 60.2 Å². The van der Waals surface area contributed by atoms with Gasteiger partial charge in [0.05, 0.1) is 22.2 Å². The Morgan fingerprint density at radius 1 is 0.978 bits per heavy atom. The minimum Gasteiger partial charge on any atom is -0.378 e. The molecule has 6 rings (SSSR count). The first-order valence-corrected chi connectivity index (χ1v) is 16.1. The highest BCUT2D eigenvalue weighted by molar-refractivity contribution is 9.10. The van der Waals surface area contributed by atoms with Gasteiger partial charge in [-0.15, -0.1) is 0 Å². The lowest BCUT2D eigenvalue weighted by molar-refractivity contribution is -0.137. The number of amides is 3. The molecule has 3 amide bonds. The van der Waals surface area contributed by atoms with E-state index in [0.29, 0.717) is 15.6 Å². The van der Waals surface area contributed by atoms with Crippen LogP contribution < -0.4 is 20.0 Å². The van der Waals surface area contributed by atoms with Gasteiger partial charge in [0.1, 0.15) is 11.8 Å². The van der Waals surface area contributed by atoms with Crippen molar-refractivity contribution in [1.82, 2.24) is 4.57 Å². The first kappa shape index (κ1) is 31.1. The van der Waals surface area contributed by atoms with Crippen LogP contribution in [-0.2, 0) is 27.1 Å². The van der Waals surface area contributed by atoms with E-state index in [2.05, 4.69) is 21.2 Å². The number of hydrogen-bond acceptors (Lipinski definition) is 7. The van der Waals surface area contributed by atoms with Crippen LogP contribution in [0.5, 0.6) is 0 Å². The van der Waals surface area contributed by atoms with Gasteiger partial charge < -0.3 is 10.2 Å². The van der Waals surface area contributed by atoms with Gasteiger partial charge in [0.2, 0.25) is 17.7 Å². The van der Waals surface area contributed by atoms with Crippen molar-refractivity contribution in [2.24, 2.45) is 5.92 Å². The summed E-state index contributed by atoms with van der Waals surface area (Å²) in [5.41, 5.74) is 1.09. The van der Waals surface area contributed by atoms with Crippen LogP contribution in [0.1, 0.15) is 21.9 Å². The summed E-state index contributed by atoms with van der Waals surface area (Å²) in [7, 11) is 3.79. The van der Waals surface area contributed by atoms with Crippen molar-refractivity contribution in [2.45, 2.75) is 28.9 Å². The summed E-state index contributed by atoms with van der Waals surface area (Å²) in [6, 6.07) is 18.5. The maximum Gasteiger partial charge on any atom is 0.416 e. The van der Waals surface area contributed by atoms with E-state index in [1.807, 2.05) is 43.3 Å². The Kier molecular flexibility index (Phi) is 8.16. The number of halogens is 4. The summed E-state index contributed by atoms with van der Waals surface area (Å²) in [6.45, 7) is -0.490. The average molecular weight is 718 g/mol. The number of fused-ring (bicyclic) bond motifs is 2. The fourth-order valence-corrected chi connectivity index (χ4v) is 8.59. The van der Waals surface area contributed by atoms with E-state index in [-0.39, 0.29) is 11.6 Å². The molecule has 3 atom stereocenters. The van der Waals surface area contributed by atoms with Crippen LogP contribution in [0, 0.1) is 5.92 Å². The molecule has 0 spiro atoms. The Morgan fingerprint density at radius 2 is 1.67 bits per heavy atom. The maximum absolute atomic E-state index is 14.0. The molecule has 1 fully saturated rings. The van der Waals surface area contributed by atoms with Crippen LogP contribution in [0.4, 0.5) is 30.2 Å². The van der Waals surface area contributed by atoms with Crippen molar-refractivity contribution >= 4 is 73.8 Å². The fraction of sp³-hybridized carbons (Fsp3) is 0.226. The van der Waals surface area contributed by atoms with Crippen molar-refractivity contribution in [3.8, 4) is 0 Å². The van der Waals surface area contributed by atoms with E-state index in [1.165, 1.54) is 21.6 Å². The van der Waals surface area contributed by atoms with Gasteiger partial charge in [-0.1, -0.05) is 57.2 Å². The van der Waals surface area contributed by atoms with Crippen molar-refractivity contribution in [3.05, 3.63) is 103 Å². The molecule has 0 bridgehead atoms. The average Bonchev–Trinajstić information content (AvgIpc) is 3.43. The summed E-state index contributed by atoms with van der Waals surface area (Å²) in [5, 5.41) is 1.95. The smallest absolute Gasteiger partial charge is 0.378 e. The number of thioether (sulfide) groups is 1. The zero-order chi connectivity index (χ0) is 32.2. The number of aromatic nitrogens is 1. The normalized spacial score (nSPS) is 19.3. The zero-order valence-corrected chi connectivity index (χ0v) is 26.9. The van der Waals surface area contributed by atoms with Gasteiger partial charge >= 0.3 is 11.0 Å². The molecule has 1 saturated heterocycles. The molecule has 3 aromatic carbocycles. The Morgan fingerprint density at radius 3 is 2.31 bits per heavy atom. The summed E-state index contributed by atoms with van der Waals surface area (Å²) >= 11 is 5.33. The molecule has 2 aliphatic rings. The second-order valence-electron chi connectivity index (χ2n) is 10.8. The molecule has 4 aromatic rings. The molecule has 0 saturated carbocycles. The number of nitrogens with zero attached hydrogens (tertiary/aromatic N) is 3. The Labute approximate surface area is 272 Å². The van der Waals surface area contributed by atoms with Gasteiger partial charge in [-0.3, -0.25) is 23.7 Å². The second kappa shape index (κ2) is 11.8. The third-order valence-corrected chi connectivity index (χ3v) is 10.8. The largest absolute Gasteiger partial charge is 0.416 e. The van der Waals surface area contributed by atoms with Crippen LogP contribution >= 0.6 is 39.0 Å². The lowest BCUT2D eigenvalue weighted by Crippen LogP contribution is -2.33. The van der Waals surface area contributed by atoms with Crippen LogP contribution in [0.25, 0.3) is 0 Å². The topological polar surface area (TPSA) is 91.7 Å².